The molecule has 154 valence electrons. The minimum Gasteiger partial charge on any atom is -0.490 e. The van der Waals surface area contributed by atoms with E-state index in [9.17, 15) is 15.8 Å². The quantitative estimate of drug-likeness (QED) is 0.750. The van der Waals surface area contributed by atoms with E-state index < -0.39 is 11.3 Å². The minimum atomic E-state index is -1.61. The second-order valence-corrected chi connectivity index (χ2v) is 7.59. The first-order valence-corrected chi connectivity index (χ1v) is 10.4. The van der Waals surface area contributed by atoms with E-state index in [4.69, 9.17) is 15.2 Å². The van der Waals surface area contributed by atoms with E-state index in [1.165, 1.54) is 0 Å². The number of hydrogen-bond donors (Lipinski definition) is 1. The lowest BCUT2D eigenvalue weighted by atomic mass is 9.57. The number of benzene rings is 1. The van der Waals surface area contributed by atoms with E-state index in [0.29, 0.717) is 24.7 Å². The standard InChI is InChI=1S/C24H26N4O2/c1-3-11-30-20-10-9-16(12-21(20)29-4-2)22-18-8-6-5-7-17(18)19(13-25)23(28)24(22,14-26)15-27/h7,9-10,12,18,22H,3-6,8,11,28H2,1-2H3/t18-,22+/m0/s1. The highest BCUT2D eigenvalue weighted by Gasteiger charge is 2.53. The lowest BCUT2D eigenvalue weighted by Crippen LogP contribution is -2.42. The fourth-order valence-corrected chi connectivity index (χ4v) is 4.57. The van der Waals surface area contributed by atoms with Gasteiger partial charge in [-0.2, -0.15) is 15.8 Å². The molecule has 2 aliphatic carbocycles. The number of ether oxygens (including phenoxy) is 2. The van der Waals surface area contributed by atoms with Gasteiger partial charge in [0.1, 0.15) is 6.07 Å². The van der Waals surface area contributed by atoms with Crippen molar-refractivity contribution in [3.05, 3.63) is 46.7 Å². The van der Waals surface area contributed by atoms with Gasteiger partial charge in [-0.15, -0.1) is 0 Å². The third kappa shape index (κ3) is 3.38. The second-order valence-electron chi connectivity index (χ2n) is 7.59. The summed E-state index contributed by atoms with van der Waals surface area (Å²) in [4.78, 5) is 0. The molecule has 0 fully saturated rings. The SMILES string of the molecule is CCCOc1ccc([C@@H]2[C@H]3CCCC=C3C(C#N)=C(N)C2(C#N)C#N)cc1OCC. The van der Waals surface area contributed by atoms with Crippen LogP contribution < -0.4 is 15.2 Å². The van der Waals surface area contributed by atoms with Gasteiger partial charge >= 0.3 is 0 Å². The summed E-state index contributed by atoms with van der Waals surface area (Å²) in [5.74, 6) is 0.606. The Morgan fingerprint density at radius 3 is 2.53 bits per heavy atom. The molecule has 0 saturated heterocycles. The largest absolute Gasteiger partial charge is 0.490 e. The normalized spacial score (nSPS) is 22.0. The van der Waals surface area contributed by atoms with Crippen LogP contribution in [0.4, 0.5) is 0 Å². The summed E-state index contributed by atoms with van der Waals surface area (Å²) in [6, 6.07) is 12.1. The third-order valence-corrected chi connectivity index (χ3v) is 5.89. The zero-order valence-corrected chi connectivity index (χ0v) is 17.4. The van der Waals surface area contributed by atoms with E-state index in [2.05, 4.69) is 18.2 Å². The molecular formula is C24H26N4O2. The zero-order valence-electron chi connectivity index (χ0n) is 17.4. The van der Waals surface area contributed by atoms with Crippen molar-refractivity contribution in [2.24, 2.45) is 17.1 Å². The van der Waals surface area contributed by atoms with Crippen LogP contribution >= 0.6 is 0 Å². The van der Waals surface area contributed by atoms with Gasteiger partial charge in [0.25, 0.3) is 0 Å². The number of nitrogens with two attached hydrogens (primary N) is 1. The van der Waals surface area contributed by atoms with Crippen LogP contribution in [0.1, 0.15) is 51.0 Å². The van der Waals surface area contributed by atoms with Gasteiger partial charge in [0.15, 0.2) is 16.9 Å². The van der Waals surface area contributed by atoms with Crippen molar-refractivity contribution in [3.63, 3.8) is 0 Å². The van der Waals surface area contributed by atoms with Crippen molar-refractivity contribution in [1.82, 2.24) is 0 Å². The third-order valence-electron chi connectivity index (χ3n) is 5.89. The molecule has 0 spiro atoms. The number of fused-ring (bicyclic) bond motifs is 1. The number of nitrogens with zero attached hydrogens (tertiary/aromatic N) is 3. The Morgan fingerprint density at radius 1 is 1.13 bits per heavy atom. The van der Waals surface area contributed by atoms with Crippen LogP contribution in [-0.2, 0) is 0 Å². The van der Waals surface area contributed by atoms with Crippen molar-refractivity contribution in [1.29, 1.82) is 15.8 Å². The van der Waals surface area contributed by atoms with Crippen molar-refractivity contribution in [2.75, 3.05) is 13.2 Å². The Kier molecular flexibility index (Phi) is 6.34. The number of hydrogen-bond acceptors (Lipinski definition) is 6. The highest BCUT2D eigenvalue weighted by molar-refractivity contribution is 5.60. The molecule has 0 saturated carbocycles. The summed E-state index contributed by atoms with van der Waals surface area (Å²) in [5, 5.41) is 30.0. The van der Waals surface area contributed by atoms with E-state index >= 15 is 0 Å². The van der Waals surface area contributed by atoms with Crippen molar-refractivity contribution < 1.29 is 9.47 Å². The molecule has 2 aliphatic rings. The number of rotatable bonds is 6. The average Bonchev–Trinajstić information content (AvgIpc) is 2.78. The molecule has 0 unspecified atom stereocenters. The van der Waals surface area contributed by atoms with Crippen LogP contribution in [0.15, 0.2) is 41.1 Å². The van der Waals surface area contributed by atoms with E-state index in [1.807, 2.05) is 38.1 Å². The van der Waals surface area contributed by atoms with Gasteiger partial charge in [0, 0.05) is 5.92 Å². The average molecular weight is 402 g/mol. The summed E-state index contributed by atoms with van der Waals surface area (Å²) in [7, 11) is 0. The smallest absolute Gasteiger partial charge is 0.191 e. The van der Waals surface area contributed by atoms with Gasteiger partial charge in [-0.25, -0.2) is 0 Å². The fourth-order valence-electron chi connectivity index (χ4n) is 4.57. The Bertz CT molecular complexity index is 990. The molecule has 1 aromatic carbocycles. The van der Waals surface area contributed by atoms with Crippen molar-refractivity contribution >= 4 is 0 Å². The lowest BCUT2D eigenvalue weighted by Gasteiger charge is -2.43. The summed E-state index contributed by atoms with van der Waals surface area (Å²) in [6.45, 7) is 4.96. The molecule has 0 radical (unpaired) electrons. The fraction of sp³-hybridized carbons (Fsp3) is 0.458. The predicted molar refractivity (Wildman–Crippen MR) is 112 cm³/mol. The van der Waals surface area contributed by atoms with Crippen molar-refractivity contribution in [2.45, 2.75) is 45.4 Å². The number of allylic oxidation sites excluding steroid dienone is 4. The van der Waals surface area contributed by atoms with Crippen LogP contribution in [0.5, 0.6) is 11.5 Å². The molecular weight excluding hydrogens is 376 g/mol. The lowest BCUT2D eigenvalue weighted by molar-refractivity contribution is 0.274. The Labute approximate surface area is 177 Å². The van der Waals surface area contributed by atoms with E-state index in [1.54, 1.807) is 0 Å². The Hall–Kier alpha value is -3.43. The minimum absolute atomic E-state index is 0.0497. The molecule has 3 rings (SSSR count). The molecule has 0 amide bonds. The predicted octanol–water partition coefficient (Wildman–Crippen LogP) is 4.47. The van der Waals surface area contributed by atoms with Crippen LogP contribution in [0.2, 0.25) is 0 Å². The van der Waals surface area contributed by atoms with Gasteiger partial charge in [0.2, 0.25) is 0 Å². The molecule has 0 bridgehead atoms. The zero-order chi connectivity index (χ0) is 21.7. The first-order valence-electron chi connectivity index (χ1n) is 10.4. The second kappa shape index (κ2) is 8.93. The topological polar surface area (TPSA) is 116 Å². The summed E-state index contributed by atoms with van der Waals surface area (Å²) in [6.07, 6.45) is 5.49. The highest BCUT2D eigenvalue weighted by atomic mass is 16.5. The molecule has 1 aromatic rings. The summed E-state index contributed by atoms with van der Waals surface area (Å²) < 4.78 is 11.6. The maximum absolute atomic E-state index is 10.1. The number of nitriles is 3. The van der Waals surface area contributed by atoms with Gasteiger partial charge in [-0.3, -0.25) is 0 Å². The van der Waals surface area contributed by atoms with Gasteiger partial charge in [0.05, 0.1) is 36.6 Å². The maximum Gasteiger partial charge on any atom is 0.191 e. The van der Waals surface area contributed by atoms with Crippen LogP contribution in [0, 0.1) is 45.3 Å². The molecule has 0 aliphatic heterocycles. The molecule has 6 heteroatoms. The molecule has 2 N–H and O–H groups in total. The summed E-state index contributed by atoms with van der Waals surface area (Å²) in [5.41, 5.74) is 6.71. The monoisotopic (exact) mass is 402 g/mol. The van der Waals surface area contributed by atoms with E-state index in [-0.39, 0.29) is 17.2 Å². The Balaban J connectivity index is 2.21. The molecule has 6 nitrogen and oxygen atoms in total. The van der Waals surface area contributed by atoms with Crippen LogP contribution in [-0.4, -0.2) is 13.2 Å². The molecule has 0 heterocycles. The van der Waals surface area contributed by atoms with E-state index in [0.717, 1.165) is 36.8 Å². The van der Waals surface area contributed by atoms with Crippen LogP contribution in [0.3, 0.4) is 0 Å². The maximum atomic E-state index is 10.1. The molecule has 0 aromatic heterocycles. The van der Waals surface area contributed by atoms with Crippen molar-refractivity contribution in [3.8, 4) is 29.7 Å². The summed E-state index contributed by atoms with van der Waals surface area (Å²) >= 11 is 0. The first kappa shape index (κ1) is 21.3. The van der Waals surface area contributed by atoms with Gasteiger partial charge in [-0.05, 0) is 61.8 Å². The molecule has 30 heavy (non-hydrogen) atoms. The highest BCUT2D eigenvalue weighted by Crippen LogP contribution is 2.56. The van der Waals surface area contributed by atoms with Crippen LogP contribution in [0.25, 0.3) is 0 Å². The van der Waals surface area contributed by atoms with Gasteiger partial charge < -0.3 is 15.2 Å². The van der Waals surface area contributed by atoms with Gasteiger partial charge in [-0.1, -0.05) is 19.1 Å². The Morgan fingerprint density at radius 2 is 1.90 bits per heavy atom. The first-order chi connectivity index (χ1) is 14.6. The molecule has 2 atom stereocenters.